The van der Waals surface area contributed by atoms with Gasteiger partial charge < -0.3 is 19.8 Å². The highest BCUT2D eigenvalue weighted by Crippen LogP contribution is 2.34. The number of nitrogens with one attached hydrogen (secondary N) is 2. The number of carbonyl (C=O) groups is 2. The lowest BCUT2D eigenvalue weighted by Gasteiger charge is -2.06. The lowest BCUT2D eigenvalue weighted by molar-refractivity contribution is -0.116. The molecule has 2 N–H and O–H groups in total. The van der Waals surface area contributed by atoms with Crippen LogP contribution in [0.2, 0.25) is 0 Å². The zero-order valence-corrected chi connectivity index (χ0v) is 18.0. The van der Waals surface area contributed by atoms with Gasteiger partial charge in [-0.05, 0) is 29.8 Å². The molecule has 0 fully saturated rings. The zero-order valence-electron chi connectivity index (χ0n) is 17.2. The van der Waals surface area contributed by atoms with Gasteiger partial charge in [-0.3, -0.25) is 9.78 Å². The Morgan fingerprint density at radius 3 is 2.75 bits per heavy atom. The first-order valence-electron chi connectivity index (χ1n) is 9.79. The summed E-state index contributed by atoms with van der Waals surface area (Å²) in [6.45, 7) is 0.526. The van der Waals surface area contributed by atoms with Crippen molar-refractivity contribution in [2.45, 2.75) is 6.42 Å². The summed E-state index contributed by atoms with van der Waals surface area (Å²) in [5.41, 5.74) is 1.83. The molecule has 0 spiro atoms. The van der Waals surface area contributed by atoms with Crippen molar-refractivity contribution in [1.29, 1.82) is 0 Å². The van der Waals surface area contributed by atoms with Crippen LogP contribution in [0.15, 0.2) is 61.3 Å². The topological polar surface area (TPSA) is 106 Å². The van der Waals surface area contributed by atoms with Crippen molar-refractivity contribution in [1.82, 2.24) is 20.3 Å². The number of amides is 1. The van der Waals surface area contributed by atoms with Gasteiger partial charge in [0.25, 0.3) is 0 Å². The largest absolute Gasteiger partial charge is 0.465 e. The molecular formula is C23H20N4O4S. The van der Waals surface area contributed by atoms with Crippen LogP contribution >= 0.6 is 11.3 Å². The molecule has 3 aromatic heterocycles. The fraction of sp³-hybridized carbons (Fsp3) is 0.130. The van der Waals surface area contributed by atoms with Gasteiger partial charge in [0.15, 0.2) is 5.75 Å². The molecule has 8 nitrogen and oxygen atoms in total. The molecule has 3 heterocycles. The van der Waals surface area contributed by atoms with Crippen LogP contribution in [0, 0.1) is 0 Å². The van der Waals surface area contributed by atoms with Gasteiger partial charge in [0.2, 0.25) is 5.91 Å². The minimum atomic E-state index is -0.390. The first-order chi connectivity index (χ1) is 15.6. The van der Waals surface area contributed by atoms with Crippen molar-refractivity contribution in [2.24, 2.45) is 0 Å². The SMILES string of the molecule is COC(=O)c1cc2c(Oc3ccc(/C=C/C(=O)NCCc4cnc[nH]4)cc3)cncc2s1. The van der Waals surface area contributed by atoms with Crippen LogP contribution in [0.3, 0.4) is 0 Å². The highest BCUT2D eigenvalue weighted by atomic mass is 32.1. The summed E-state index contributed by atoms with van der Waals surface area (Å²) in [4.78, 5) is 35.4. The zero-order chi connectivity index (χ0) is 22.3. The second-order valence-electron chi connectivity index (χ2n) is 6.77. The second-order valence-corrected chi connectivity index (χ2v) is 7.86. The summed E-state index contributed by atoms with van der Waals surface area (Å²) in [5.74, 6) is 0.611. The number of methoxy groups -OCH3 is 1. The fourth-order valence-electron chi connectivity index (χ4n) is 2.96. The molecule has 0 bridgehead atoms. The number of hydrogen-bond donors (Lipinski definition) is 2. The van der Waals surface area contributed by atoms with Crippen molar-refractivity contribution in [3.05, 3.63) is 77.5 Å². The van der Waals surface area contributed by atoms with Gasteiger partial charge in [0.05, 0.1) is 24.3 Å². The number of H-pyrrole nitrogens is 1. The summed E-state index contributed by atoms with van der Waals surface area (Å²) in [6.07, 6.45) is 10.6. The minimum Gasteiger partial charge on any atom is -0.465 e. The quantitative estimate of drug-likeness (QED) is 0.312. The van der Waals surface area contributed by atoms with E-state index in [0.717, 1.165) is 21.3 Å². The normalized spacial score (nSPS) is 11.0. The van der Waals surface area contributed by atoms with Crippen molar-refractivity contribution in [3.63, 3.8) is 0 Å². The van der Waals surface area contributed by atoms with E-state index in [0.29, 0.717) is 29.3 Å². The number of aromatic amines is 1. The van der Waals surface area contributed by atoms with Crippen LogP contribution in [0.4, 0.5) is 0 Å². The van der Waals surface area contributed by atoms with Crippen LogP contribution in [0.1, 0.15) is 20.9 Å². The maximum Gasteiger partial charge on any atom is 0.348 e. The van der Waals surface area contributed by atoms with E-state index in [9.17, 15) is 9.59 Å². The maximum atomic E-state index is 12.0. The van der Waals surface area contributed by atoms with Gasteiger partial charge in [-0.25, -0.2) is 9.78 Å². The van der Waals surface area contributed by atoms with Crippen molar-refractivity contribution >= 4 is 39.4 Å². The number of hydrogen-bond acceptors (Lipinski definition) is 7. The maximum absolute atomic E-state index is 12.0. The molecular weight excluding hydrogens is 428 g/mol. The Hall–Kier alpha value is -3.98. The van der Waals surface area contributed by atoms with Gasteiger partial charge in [-0.1, -0.05) is 12.1 Å². The standard InChI is InChI=1S/C23H20N4O4S/c1-30-23(29)20-10-18-19(12-24-13-21(18)32-20)31-17-5-2-15(3-6-17)4-7-22(28)26-9-8-16-11-25-14-27-16/h2-7,10-14H,8-9H2,1H3,(H,25,27)(H,26,28)/b7-4+. The first kappa shape index (κ1) is 21.3. The highest BCUT2D eigenvalue weighted by molar-refractivity contribution is 7.20. The van der Waals surface area contributed by atoms with E-state index in [1.807, 2.05) is 24.3 Å². The molecule has 4 aromatic rings. The molecule has 1 amide bonds. The van der Waals surface area contributed by atoms with Crippen LogP contribution in [0.5, 0.6) is 11.5 Å². The Kier molecular flexibility index (Phi) is 6.57. The lowest BCUT2D eigenvalue weighted by Crippen LogP contribution is -2.23. The van der Waals surface area contributed by atoms with E-state index in [2.05, 4.69) is 20.3 Å². The molecule has 32 heavy (non-hydrogen) atoms. The molecule has 0 saturated heterocycles. The molecule has 162 valence electrons. The molecule has 0 aliphatic carbocycles. The van der Waals surface area contributed by atoms with E-state index >= 15 is 0 Å². The molecule has 0 saturated carbocycles. The number of benzene rings is 1. The predicted octanol–water partition coefficient (Wildman–Crippen LogP) is 3.97. The Labute approximate surface area is 187 Å². The monoisotopic (exact) mass is 448 g/mol. The first-order valence-corrected chi connectivity index (χ1v) is 10.6. The third kappa shape index (κ3) is 5.19. The molecule has 0 aliphatic heterocycles. The van der Waals surface area contributed by atoms with Crippen LogP contribution in [-0.4, -0.2) is 40.5 Å². The summed E-state index contributed by atoms with van der Waals surface area (Å²) >= 11 is 1.30. The van der Waals surface area contributed by atoms with E-state index in [1.54, 1.807) is 37.1 Å². The number of fused-ring (bicyclic) bond motifs is 1. The second kappa shape index (κ2) is 9.88. The molecule has 4 rings (SSSR count). The van der Waals surface area contributed by atoms with Gasteiger partial charge >= 0.3 is 5.97 Å². The average molecular weight is 449 g/mol. The summed E-state index contributed by atoms with van der Waals surface area (Å²) < 4.78 is 11.6. The minimum absolute atomic E-state index is 0.165. The number of carbonyl (C=O) groups excluding carboxylic acids is 2. The number of imidazole rings is 1. The summed E-state index contributed by atoms with van der Waals surface area (Å²) in [5, 5.41) is 3.62. The van der Waals surface area contributed by atoms with Crippen LogP contribution < -0.4 is 10.1 Å². The molecule has 1 aromatic carbocycles. The number of aromatic nitrogens is 3. The summed E-state index contributed by atoms with van der Waals surface area (Å²) in [6, 6.07) is 9.06. The van der Waals surface area contributed by atoms with Crippen LogP contribution in [0.25, 0.3) is 16.2 Å². The number of esters is 1. The average Bonchev–Trinajstić information content (AvgIpc) is 3.48. The van der Waals surface area contributed by atoms with E-state index in [-0.39, 0.29) is 5.91 Å². The molecule has 0 unspecified atom stereocenters. The predicted molar refractivity (Wildman–Crippen MR) is 122 cm³/mol. The fourth-order valence-corrected chi connectivity index (χ4v) is 3.93. The van der Waals surface area contributed by atoms with E-state index in [1.165, 1.54) is 24.5 Å². The van der Waals surface area contributed by atoms with Crippen molar-refractivity contribution < 1.29 is 19.1 Å². The van der Waals surface area contributed by atoms with Crippen molar-refractivity contribution in [3.8, 4) is 11.5 Å². The Morgan fingerprint density at radius 2 is 2.00 bits per heavy atom. The summed E-state index contributed by atoms with van der Waals surface area (Å²) in [7, 11) is 1.35. The highest BCUT2D eigenvalue weighted by Gasteiger charge is 2.14. The van der Waals surface area contributed by atoms with E-state index in [4.69, 9.17) is 9.47 Å². The molecule has 9 heteroatoms. The molecule has 0 aliphatic rings. The molecule has 0 atom stereocenters. The third-order valence-electron chi connectivity index (χ3n) is 4.58. The Bertz CT molecular complexity index is 1250. The third-order valence-corrected chi connectivity index (χ3v) is 5.63. The van der Waals surface area contributed by atoms with Crippen molar-refractivity contribution in [2.75, 3.05) is 13.7 Å². The Balaban J connectivity index is 1.36. The molecule has 0 radical (unpaired) electrons. The van der Waals surface area contributed by atoms with Crippen LogP contribution in [-0.2, 0) is 16.0 Å². The Morgan fingerprint density at radius 1 is 1.16 bits per heavy atom. The number of rotatable bonds is 8. The number of ether oxygens (including phenoxy) is 2. The number of pyridine rings is 1. The van der Waals surface area contributed by atoms with Gasteiger partial charge in [-0.2, -0.15) is 0 Å². The van der Waals surface area contributed by atoms with Gasteiger partial charge in [-0.15, -0.1) is 11.3 Å². The van der Waals surface area contributed by atoms with Gasteiger partial charge in [0, 0.05) is 42.5 Å². The van der Waals surface area contributed by atoms with Gasteiger partial charge in [0.1, 0.15) is 10.6 Å². The number of nitrogens with zero attached hydrogens (tertiary/aromatic N) is 2. The number of thiophene rings is 1. The smallest absolute Gasteiger partial charge is 0.348 e. The van der Waals surface area contributed by atoms with E-state index < -0.39 is 5.97 Å². The lowest BCUT2D eigenvalue weighted by atomic mass is 10.2.